The minimum atomic E-state index is -0.846. The van der Waals surface area contributed by atoms with Crippen molar-refractivity contribution in [2.45, 2.75) is 58.0 Å². The number of rotatable bonds is 1. The highest BCUT2D eigenvalue weighted by Crippen LogP contribution is 2.58. The van der Waals surface area contributed by atoms with Crippen molar-refractivity contribution >= 4 is 11.9 Å². The van der Waals surface area contributed by atoms with E-state index in [-0.39, 0.29) is 23.8 Å². The van der Waals surface area contributed by atoms with Gasteiger partial charge in [0, 0.05) is 24.3 Å². The molecule has 6 nitrogen and oxygen atoms in total. The molecule has 0 radical (unpaired) electrons. The van der Waals surface area contributed by atoms with Gasteiger partial charge in [-0.05, 0) is 18.3 Å². The highest BCUT2D eigenvalue weighted by atomic mass is 16.6. The maximum atomic E-state index is 12.0. The highest BCUT2D eigenvalue weighted by molar-refractivity contribution is 5.91. The van der Waals surface area contributed by atoms with Crippen LogP contribution in [0.3, 0.4) is 0 Å². The lowest BCUT2D eigenvalue weighted by Crippen LogP contribution is -2.51. The number of ether oxygens (including phenoxy) is 2. The van der Waals surface area contributed by atoms with Crippen LogP contribution in [0, 0.1) is 23.2 Å². The van der Waals surface area contributed by atoms with E-state index in [1.165, 1.54) is 6.92 Å². The molecule has 2 N–H and O–H groups in total. The lowest BCUT2D eigenvalue weighted by Gasteiger charge is -2.43. The Bertz CT molecular complexity index is 557. The van der Waals surface area contributed by atoms with Crippen molar-refractivity contribution in [3.05, 3.63) is 12.2 Å². The SMILES string of the molecule is C=C1C(=O)OC2CC(C)C3C(O)CC(O)C3(C)C(OC(C)=O)C12. The molecule has 1 saturated heterocycles. The van der Waals surface area contributed by atoms with Gasteiger partial charge in [0.25, 0.3) is 0 Å². The summed E-state index contributed by atoms with van der Waals surface area (Å²) in [7, 11) is 0. The van der Waals surface area contributed by atoms with Crippen molar-refractivity contribution < 1.29 is 29.3 Å². The normalized spacial score (nSPS) is 49.2. The number of esters is 2. The van der Waals surface area contributed by atoms with Crippen molar-refractivity contribution in [2.75, 3.05) is 0 Å². The summed E-state index contributed by atoms with van der Waals surface area (Å²) in [5, 5.41) is 21.1. The van der Waals surface area contributed by atoms with Crippen LogP contribution in [0.2, 0.25) is 0 Å². The Morgan fingerprint density at radius 2 is 2.04 bits per heavy atom. The second kappa shape index (κ2) is 5.31. The van der Waals surface area contributed by atoms with E-state index < -0.39 is 47.7 Å². The fourth-order valence-corrected chi connectivity index (χ4v) is 5.14. The molecule has 0 aromatic carbocycles. The second-order valence-electron chi connectivity index (χ2n) is 7.45. The average molecular weight is 324 g/mol. The van der Waals surface area contributed by atoms with E-state index in [2.05, 4.69) is 6.58 Å². The summed E-state index contributed by atoms with van der Waals surface area (Å²) in [5.74, 6) is -1.66. The maximum Gasteiger partial charge on any atom is 0.334 e. The molecule has 0 aromatic rings. The molecule has 1 heterocycles. The molecule has 2 aliphatic carbocycles. The van der Waals surface area contributed by atoms with Gasteiger partial charge >= 0.3 is 11.9 Å². The Labute approximate surface area is 135 Å². The van der Waals surface area contributed by atoms with Crippen LogP contribution in [0.25, 0.3) is 0 Å². The summed E-state index contributed by atoms with van der Waals surface area (Å²) in [6.07, 6.45) is -1.89. The number of hydrogen-bond donors (Lipinski definition) is 2. The second-order valence-corrected chi connectivity index (χ2v) is 7.45. The van der Waals surface area contributed by atoms with Crippen LogP contribution in [-0.2, 0) is 19.1 Å². The first-order valence-corrected chi connectivity index (χ1v) is 8.11. The molecule has 8 atom stereocenters. The van der Waals surface area contributed by atoms with Gasteiger partial charge in [0.2, 0.25) is 0 Å². The van der Waals surface area contributed by atoms with Crippen LogP contribution in [0.4, 0.5) is 0 Å². The molecule has 0 aromatic heterocycles. The first-order valence-electron chi connectivity index (χ1n) is 8.11. The van der Waals surface area contributed by atoms with Crippen molar-refractivity contribution in [2.24, 2.45) is 23.2 Å². The van der Waals surface area contributed by atoms with Crippen LogP contribution in [0.5, 0.6) is 0 Å². The number of aliphatic hydroxyl groups is 2. The van der Waals surface area contributed by atoms with Gasteiger partial charge in [0.15, 0.2) is 0 Å². The number of hydrogen-bond acceptors (Lipinski definition) is 6. The van der Waals surface area contributed by atoms with Crippen LogP contribution in [0.15, 0.2) is 12.2 Å². The summed E-state index contributed by atoms with van der Waals surface area (Å²) in [6, 6.07) is 0. The molecule has 2 saturated carbocycles. The van der Waals surface area contributed by atoms with Gasteiger partial charge in [-0.1, -0.05) is 20.4 Å². The zero-order valence-electron chi connectivity index (χ0n) is 13.7. The van der Waals surface area contributed by atoms with Crippen LogP contribution in [-0.4, -0.2) is 46.6 Å². The maximum absolute atomic E-state index is 12.0. The van der Waals surface area contributed by atoms with Gasteiger partial charge in [0.05, 0.1) is 18.1 Å². The number of carbonyl (C=O) groups is 2. The zero-order valence-corrected chi connectivity index (χ0v) is 13.7. The summed E-state index contributed by atoms with van der Waals surface area (Å²) >= 11 is 0. The van der Waals surface area contributed by atoms with Gasteiger partial charge in [-0.25, -0.2) is 4.79 Å². The van der Waals surface area contributed by atoms with Crippen molar-refractivity contribution in [1.29, 1.82) is 0 Å². The monoisotopic (exact) mass is 324 g/mol. The Morgan fingerprint density at radius 1 is 1.39 bits per heavy atom. The smallest absolute Gasteiger partial charge is 0.334 e. The van der Waals surface area contributed by atoms with Gasteiger partial charge < -0.3 is 19.7 Å². The third kappa shape index (κ3) is 2.22. The quantitative estimate of drug-likeness (QED) is 0.547. The minimum absolute atomic E-state index is 0.0129. The Morgan fingerprint density at radius 3 is 2.65 bits per heavy atom. The van der Waals surface area contributed by atoms with E-state index in [0.29, 0.717) is 6.42 Å². The molecule has 1 aliphatic heterocycles. The molecule has 3 rings (SSSR count). The fraction of sp³-hybridized carbons (Fsp3) is 0.765. The van der Waals surface area contributed by atoms with Crippen LogP contribution < -0.4 is 0 Å². The van der Waals surface area contributed by atoms with E-state index in [1.807, 2.05) is 13.8 Å². The van der Waals surface area contributed by atoms with Crippen molar-refractivity contribution in [1.82, 2.24) is 0 Å². The highest BCUT2D eigenvalue weighted by Gasteiger charge is 2.65. The van der Waals surface area contributed by atoms with E-state index in [4.69, 9.17) is 9.47 Å². The largest absolute Gasteiger partial charge is 0.461 e. The molecule has 8 unspecified atom stereocenters. The molecular weight excluding hydrogens is 300 g/mol. The molecule has 0 bridgehead atoms. The number of aliphatic hydroxyl groups excluding tert-OH is 2. The standard InChI is InChI=1S/C17H24O6/c1-7-5-11-13(8(2)16(21)23-11)15(22-9(3)18)17(4)12(20)6-10(19)14(7)17/h7,10-15,19-20H,2,5-6H2,1,3-4H3. The minimum Gasteiger partial charge on any atom is -0.461 e. The van der Waals surface area contributed by atoms with Gasteiger partial charge in [-0.15, -0.1) is 0 Å². The van der Waals surface area contributed by atoms with Gasteiger partial charge in [-0.2, -0.15) is 0 Å². The molecule has 3 aliphatic rings. The molecule has 23 heavy (non-hydrogen) atoms. The predicted octanol–water partition coefficient (Wildman–Crippen LogP) is 0.804. The van der Waals surface area contributed by atoms with E-state index in [0.717, 1.165) is 0 Å². The number of carbonyl (C=O) groups excluding carboxylic acids is 2. The van der Waals surface area contributed by atoms with E-state index in [1.54, 1.807) is 0 Å². The Kier molecular flexibility index (Phi) is 3.80. The lowest BCUT2D eigenvalue weighted by molar-refractivity contribution is -0.168. The lowest BCUT2D eigenvalue weighted by atomic mass is 9.67. The van der Waals surface area contributed by atoms with Gasteiger partial charge in [-0.3, -0.25) is 4.79 Å². The summed E-state index contributed by atoms with van der Waals surface area (Å²) < 4.78 is 11.0. The van der Waals surface area contributed by atoms with Crippen LogP contribution in [0.1, 0.15) is 33.6 Å². The molecule has 128 valence electrons. The zero-order chi connectivity index (χ0) is 17.1. The Balaban J connectivity index is 2.12. The third-order valence-electron chi connectivity index (χ3n) is 6.09. The van der Waals surface area contributed by atoms with E-state index in [9.17, 15) is 19.8 Å². The topological polar surface area (TPSA) is 93.1 Å². The molecule has 0 amide bonds. The Hall–Kier alpha value is -1.40. The molecule has 6 heteroatoms. The summed E-state index contributed by atoms with van der Waals surface area (Å²) in [5.41, 5.74) is -0.565. The first kappa shape index (κ1) is 16.5. The predicted molar refractivity (Wildman–Crippen MR) is 80.1 cm³/mol. The van der Waals surface area contributed by atoms with Gasteiger partial charge in [0.1, 0.15) is 12.2 Å². The summed E-state index contributed by atoms with van der Waals surface area (Å²) in [4.78, 5) is 23.6. The average Bonchev–Trinajstić information content (AvgIpc) is 2.79. The van der Waals surface area contributed by atoms with Crippen molar-refractivity contribution in [3.8, 4) is 0 Å². The molecule has 3 fully saturated rings. The van der Waals surface area contributed by atoms with Crippen LogP contribution >= 0.6 is 0 Å². The summed E-state index contributed by atoms with van der Waals surface area (Å²) in [6.45, 7) is 8.94. The number of fused-ring (bicyclic) bond motifs is 2. The van der Waals surface area contributed by atoms with E-state index >= 15 is 0 Å². The third-order valence-corrected chi connectivity index (χ3v) is 6.09. The fourth-order valence-electron chi connectivity index (χ4n) is 5.14. The molecule has 0 spiro atoms. The first-order chi connectivity index (χ1) is 10.7. The van der Waals surface area contributed by atoms with Crippen molar-refractivity contribution in [3.63, 3.8) is 0 Å². The molecular formula is C17H24O6.